The van der Waals surface area contributed by atoms with Gasteiger partial charge in [0.2, 0.25) is 5.91 Å². The summed E-state index contributed by atoms with van der Waals surface area (Å²) in [6.45, 7) is 4.74. The van der Waals surface area contributed by atoms with E-state index in [1.54, 1.807) is 7.11 Å². The summed E-state index contributed by atoms with van der Waals surface area (Å²) in [5, 5.41) is 2.90. The molecule has 0 heterocycles. The topological polar surface area (TPSA) is 64.3 Å². The summed E-state index contributed by atoms with van der Waals surface area (Å²) >= 11 is 0. The van der Waals surface area contributed by atoms with E-state index in [0.717, 1.165) is 16.9 Å². The van der Waals surface area contributed by atoms with E-state index in [0.29, 0.717) is 18.9 Å². The van der Waals surface area contributed by atoms with Gasteiger partial charge in [-0.3, -0.25) is 4.79 Å². The summed E-state index contributed by atoms with van der Waals surface area (Å²) in [5.74, 6) is 1.21. The molecule has 3 N–H and O–H groups in total. The smallest absolute Gasteiger partial charge is 0.224 e. The van der Waals surface area contributed by atoms with Gasteiger partial charge in [0.1, 0.15) is 5.75 Å². The van der Waals surface area contributed by atoms with E-state index in [1.807, 2.05) is 36.4 Å². The van der Waals surface area contributed by atoms with Crippen LogP contribution < -0.4 is 15.8 Å². The van der Waals surface area contributed by atoms with E-state index in [4.69, 9.17) is 10.5 Å². The highest BCUT2D eigenvalue weighted by Crippen LogP contribution is 2.17. The molecule has 24 heavy (non-hydrogen) atoms. The molecule has 0 spiro atoms. The van der Waals surface area contributed by atoms with Gasteiger partial charge in [0.15, 0.2) is 0 Å². The summed E-state index contributed by atoms with van der Waals surface area (Å²) in [6, 6.07) is 15.6. The summed E-state index contributed by atoms with van der Waals surface area (Å²) < 4.78 is 5.17. The highest BCUT2D eigenvalue weighted by Gasteiger charge is 2.10. The molecule has 2 aromatic carbocycles. The first-order valence-corrected chi connectivity index (χ1v) is 8.24. The van der Waals surface area contributed by atoms with Gasteiger partial charge < -0.3 is 15.8 Å². The quantitative estimate of drug-likeness (QED) is 0.821. The third-order valence-electron chi connectivity index (χ3n) is 4.05. The van der Waals surface area contributed by atoms with Crippen molar-refractivity contribution in [1.29, 1.82) is 0 Å². The number of carbonyl (C=O) groups is 1. The van der Waals surface area contributed by atoms with Gasteiger partial charge in [-0.1, -0.05) is 50.2 Å². The van der Waals surface area contributed by atoms with Crippen LogP contribution in [-0.2, 0) is 11.2 Å². The van der Waals surface area contributed by atoms with E-state index in [-0.39, 0.29) is 11.9 Å². The van der Waals surface area contributed by atoms with E-state index in [2.05, 4.69) is 31.3 Å². The minimum absolute atomic E-state index is 0.0440. The van der Waals surface area contributed by atoms with Crippen LogP contribution in [0, 0.1) is 0 Å². The minimum Gasteiger partial charge on any atom is -0.497 e. The lowest BCUT2D eigenvalue weighted by Crippen LogP contribution is -2.32. The molecule has 0 saturated carbocycles. The first-order valence-electron chi connectivity index (χ1n) is 8.24. The molecular formula is C20H26N2O2. The Hall–Kier alpha value is -2.33. The van der Waals surface area contributed by atoms with Gasteiger partial charge in [-0.2, -0.15) is 0 Å². The molecule has 0 aliphatic heterocycles. The van der Waals surface area contributed by atoms with Crippen LogP contribution in [0.3, 0.4) is 0 Å². The second-order valence-corrected chi connectivity index (χ2v) is 6.26. The normalized spacial score (nSPS) is 12.0. The molecule has 1 atom stereocenters. The molecule has 2 aromatic rings. The van der Waals surface area contributed by atoms with Crippen LogP contribution in [0.25, 0.3) is 0 Å². The number of hydrogen-bond donors (Lipinski definition) is 2. The molecule has 0 radical (unpaired) electrons. The van der Waals surface area contributed by atoms with Crippen molar-refractivity contribution in [2.75, 3.05) is 13.7 Å². The number of rotatable bonds is 7. The number of amides is 1. The lowest BCUT2D eigenvalue weighted by molar-refractivity contribution is -0.120. The third kappa shape index (κ3) is 5.10. The van der Waals surface area contributed by atoms with E-state index < -0.39 is 0 Å². The van der Waals surface area contributed by atoms with Crippen molar-refractivity contribution in [1.82, 2.24) is 5.32 Å². The SMILES string of the molecule is COc1cccc(CC(=O)NCC(N)c2ccc(C(C)C)cc2)c1. The van der Waals surface area contributed by atoms with Crippen LogP contribution in [0.2, 0.25) is 0 Å². The van der Waals surface area contributed by atoms with E-state index in [1.165, 1.54) is 5.56 Å². The molecule has 0 saturated heterocycles. The fourth-order valence-corrected chi connectivity index (χ4v) is 2.50. The molecule has 1 amide bonds. The van der Waals surface area contributed by atoms with Crippen molar-refractivity contribution in [3.8, 4) is 5.75 Å². The number of benzene rings is 2. The second-order valence-electron chi connectivity index (χ2n) is 6.26. The zero-order valence-corrected chi connectivity index (χ0v) is 14.6. The molecule has 0 aliphatic rings. The first kappa shape index (κ1) is 18.0. The van der Waals surface area contributed by atoms with Gasteiger partial charge in [-0.15, -0.1) is 0 Å². The Kier molecular flexibility index (Phi) is 6.38. The number of methoxy groups -OCH3 is 1. The Morgan fingerprint density at radius 3 is 2.42 bits per heavy atom. The van der Waals surface area contributed by atoms with Crippen molar-refractivity contribution < 1.29 is 9.53 Å². The van der Waals surface area contributed by atoms with Gasteiger partial charge in [-0.25, -0.2) is 0 Å². The molecule has 0 fully saturated rings. The summed E-state index contributed by atoms with van der Waals surface area (Å²) in [6.07, 6.45) is 0.316. The Morgan fingerprint density at radius 2 is 1.79 bits per heavy atom. The molecule has 4 nitrogen and oxygen atoms in total. The summed E-state index contributed by atoms with van der Waals surface area (Å²) in [4.78, 5) is 12.1. The van der Waals surface area contributed by atoms with Gasteiger partial charge in [0.05, 0.1) is 13.5 Å². The summed E-state index contributed by atoms with van der Waals surface area (Å²) in [7, 11) is 1.61. The Balaban J connectivity index is 1.86. The maximum absolute atomic E-state index is 12.1. The van der Waals surface area contributed by atoms with Crippen molar-refractivity contribution in [3.63, 3.8) is 0 Å². The molecule has 4 heteroatoms. The zero-order valence-electron chi connectivity index (χ0n) is 14.6. The van der Waals surface area contributed by atoms with Gasteiger partial charge in [0.25, 0.3) is 0 Å². The number of nitrogens with two attached hydrogens (primary N) is 1. The predicted molar refractivity (Wildman–Crippen MR) is 97.2 cm³/mol. The lowest BCUT2D eigenvalue weighted by atomic mass is 9.99. The number of ether oxygens (including phenoxy) is 1. The highest BCUT2D eigenvalue weighted by atomic mass is 16.5. The van der Waals surface area contributed by atoms with Gasteiger partial charge >= 0.3 is 0 Å². The second kappa shape index (κ2) is 8.50. The first-order chi connectivity index (χ1) is 11.5. The molecule has 0 aliphatic carbocycles. The van der Waals surface area contributed by atoms with Crippen LogP contribution in [0.4, 0.5) is 0 Å². The Labute approximate surface area is 144 Å². The van der Waals surface area contributed by atoms with Gasteiger partial charge in [-0.05, 0) is 34.7 Å². The van der Waals surface area contributed by atoms with Crippen LogP contribution in [0.1, 0.15) is 42.5 Å². The van der Waals surface area contributed by atoms with Gasteiger partial charge in [0, 0.05) is 12.6 Å². The maximum atomic E-state index is 12.1. The predicted octanol–water partition coefficient (Wildman–Crippen LogP) is 3.18. The van der Waals surface area contributed by atoms with Crippen LogP contribution in [0.15, 0.2) is 48.5 Å². The lowest BCUT2D eigenvalue weighted by Gasteiger charge is -2.15. The molecular weight excluding hydrogens is 300 g/mol. The fraction of sp³-hybridized carbons (Fsp3) is 0.350. The monoisotopic (exact) mass is 326 g/mol. The average molecular weight is 326 g/mol. The molecule has 1 unspecified atom stereocenters. The largest absolute Gasteiger partial charge is 0.497 e. The van der Waals surface area contributed by atoms with Crippen LogP contribution in [0.5, 0.6) is 5.75 Å². The van der Waals surface area contributed by atoms with Crippen molar-refractivity contribution in [2.24, 2.45) is 5.73 Å². The average Bonchev–Trinajstić information content (AvgIpc) is 2.60. The molecule has 0 bridgehead atoms. The molecule has 0 aromatic heterocycles. The zero-order chi connectivity index (χ0) is 17.5. The standard InChI is InChI=1S/C20H26N2O2/c1-14(2)16-7-9-17(10-8-16)19(21)13-22-20(23)12-15-5-4-6-18(11-15)24-3/h4-11,14,19H,12-13,21H2,1-3H3,(H,22,23). The van der Waals surface area contributed by atoms with Crippen molar-refractivity contribution >= 4 is 5.91 Å². The Morgan fingerprint density at radius 1 is 1.12 bits per heavy atom. The van der Waals surface area contributed by atoms with E-state index in [9.17, 15) is 4.79 Å². The van der Waals surface area contributed by atoms with Crippen molar-refractivity contribution in [3.05, 3.63) is 65.2 Å². The van der Waals surface area contributed by atoms with Crippen LogP contribution >= 0.6 is 0 Å². The third-order valence-corrected chi connectivity index (χ3v) is 4.05. The minimum atomic E-state index is -0.208. The number of carbonyl (C=O) groups excluding carboxylic acids is 1. The Bertz CT molecular complexity index is 666. The highest BCUT2D eigenvalue weighted by molar-refractivity contribution is 5.78. The fourth-order valence-electron chi connectivity index (χ4n) is 2.50. The maximum Gasteiger partial charge on any atom is 0.224 e. The number of hydrogen-bond acceptors (Lipinski definition) is 3. The summed E-state index contributed by atoms with van der Waals surface area (Å²) in [5.41, 5.74) is 9.41. The molecule has 2 rings (SSSR count). The van der Waals surface area contributed by atoms with E-state index >= 15 is 0 Å². The van der Waals surface area contributed by atoms with Crippen LogP contribution in [-0.4, -0.2) is 19.6 Å². The van der Waals surface area contributed by atoms with Crippen molar-refractivity contribution in [2.45, 2.75) is 32.2 Å². The number of nitrogens with one attached hydrogen (secondary N) is 1. The molecule has 128 valence electrons.